The Kier molecular flexibility index (Phi) is 5.92. The van der Waals surface area contributed by atoms with Crippen LogP contribution in [-0.2, 0) is 11.2 Å². The number of nitrogens with zero attached hydrogens (tertiary/aromatic N) is 1. The Morgan fingerprint density at radius 3 is 2.69 bits per heavy atom. The fraction of sp³-hybridized carbons (Fsp3) is 0.200. The first-order valence-corrected chi connectivity index (χ1v) is 9.00. The molecule has 0 unspecified atom stereocenters. The van der Waals surface area contributed by atoms with Gasteiger partial charge < -0.3 is 14.8 Å². The Hall–Kier alpha value is -2.78. The molecule has 0 spiro atoms. The Morgan fingerprint density at radius 2 is 1.96 bits per heavy atom. The quantitative estimate of drug-likeness (QED) is 0.444. The number of fused-ring (bicyclic) bond motifs is 1. The summed E-state index contributed by atoms with van der Waals surface area (Å²) >= 11 is 3.43. The molecule has 0 bridgehead atoms. The number of nitriles is 1. The van der Waals surface area contributed by atoms with Gasteiger partial charge in [-0.15, -0.1) is 0 Å². The molecule has 0 aromatic heterocycles. The largest absolute Gasteiger partial charge is 0.454 e. The Balaban J connectivity index is 1.60. The maximum atomic E-state index is 12.3. The van der Waals surface area contributed by atoms with Gasteiger partial charge in [0.25, 0.3) is 5.91 Å². The van der Waals surface area contributed by atoms with Crippen molar-refractivity contribution in [1.29, 1.82) is 5.26 Å². The van der Waals surface area contributed by atoms with Crippen molar-refractivity contribution in [2.45, 2.75) is 12.8 Å². The number of hydrogen-bond donors (Lipinski definition) is 1. The van der Waals surface area contributed by atoms with Crippen molar-refractivity contribution in [3.05, 3.63) is 63.6 Å². The molecule has 5 nitrogen and oxygen atoms in total. The summed E-state index contributed by atoms with van der Waals surface area (Å²) in [5.41, 5.74) is 1.96. The lowest BCUT2D eigenvalue weighted by Crippen LogP contribution is -2.25. The number of hydrogen-bond acceptors (Lipinski definition) is 4. The summed E-state index contributed by atoms with van der Waals surface area (Å²) in [5, 5.41) is 12.1. The van der Waals surface area contributed by atoms with Crippen LogP contribution in [0.3, 0.4) is 0 Å². The minimum Gasteiger partial charge on any atom is -0.454 e. The molecule has 2 aromatic rings. The minimum absolute atomic E-state index is 0.0456. The van der Waals surface area contributed by atoms with Crippen molar-refractivity contribution < 1.29 is 14.3 Å². The third kappa shape index (κ3) is 4.44. The number of benzene rings is 2. The highest BCUT2D eigenvalue weighted by Crippen LogP contribution is 2.37. The fourth-order valence-electron chi connectivity index (χ4n) is 2.58. The van der Waals surface area contributed by atoms with Gasteiger partial charge in [0, 0.05) is 11.0 Å². The van der Waals surface area contributed by atoms with Gasteiger partial charge in [0.2, 0.25) is 6.79 Å². The van der Waals surface area contributed by atoms with E-state index in [4.69, 9.17) is 9.47 Å². The number of aryl methyl sites for hydroxylation is 1. The summed E-state index contributed by atoms with van der Waals surface area (Å²) in [4.78, 5) is 12.3. The van der Waals surface area contributed by atoms with Crippen LogP contribution in [0.5, 0.6) is 11.5 Å². The standard InChI is InChI=1S/C20H17BrN2O3/c21-17-11-19-18(25-13-26-19)10-15(17)9-16(12-22)20(24)23-8-4-7-14-5-2-1-3-6-14/h1-3,5-6,9-11H,4,7-8,13H2,(H,23,24)/b16-9+. The van der Waals surface area contributed by atoms with Crippen LogP contribution in [0.2, 0.25) is 0 Å². The summed E-state index contributed by atoms with van der Waals surface area (Å²) in [6.07, 6.45) is 3.22. The maximum Gasteiger partial charge on any atom is 0.261 e. The van der Waals surface area contributed by atoms with Crippen LogP contribution >= 0.6 is 15.9 Å². The predicted molar refractivity (Wildman–Crippen MR) is 102 cm³/mol. The number of nitrogens with one attached hydrogen (secondary N) is 1. The van der Waals surface area contributed by atoms with E-state index in [1.807, 2.05) is 24.3 Å². The summed E-state index contributed by atoms with van der Waals surface area (Å²) < 4.78 is 11.4. The van der Waals surface area contributed by atoms with Gasteiger partial charge >= 0.3 is 0 Å². The Labute approximate surface area is 160 Å². The van der Waals surface area contributed by atoms with E-state index in [1.165, 1.54) is 5.56 Å². The van der Waals surface area contributed by atoms with E-state index >= 15 is 0 Å². The van der Waals surface area contributed by atoms with Gasteiger partial charge in [0.15, 0.2) is 11.5 Å². The molecule has 0 saturated heterocycles. The SMILES string of the molecule is N#C/C(=C\c1cc2c(cc1Br)OCO2)C(=O)NCCCc1ccccc1. The van der Waals surface area contributed by atoms with Gasteiger partial charge in [0.1, 0.15) is 11.6 Å². The number of carbonyl (C=O) groups is 1. The number of ether oxygens (including phenoxy) is 2. The maximum absolute atomic E-state index is 12.3. The van der Waals surface area contributed by atoms with Crippen LogP contribution in [0.4, 0.5) is 0 Å². The van der Waals surface area contributed by atoms with Crippen LogP contribution in [0.15, 0.2) is 52.5 Å². The van der Waals surface area contributed by atoms with Crippen molar-refractivity contribution in [1.82, 2.24) is 5.32 Å². The van der Waals surface area contributed by atoms with E-state index in [1.54, 1.807) is 18.2 Å². The zero-order valence-electron chi connectivity index (χ0n) is 14.0. The number of halogens is 1. The molecule has 1 aliphatic rings. The highest BCUT2D eigenvalue weighted by atomic mass is 79.9. The summed E-state index contributed by atoms with van der Waals surface area (Å²) in [6.45, 7) is 0.678. The molecule has 1 aliphatic heterocycles. The lowest BCUT2D eigenvalue weighted by molar-refractivity contribution is -0.117. The highest BCUT2D eigenvalue weighted by Gasteiger charge is 2.17. The molecular weight excluding hydrogens is 396 g/mol. The molecule has 0 radical (unpaired) electrons. The Bertz CT molecular complexity index is 873. The third-order valence-electron chi connectivity index (χ3n) is 3.93. The molecule has 0 aliphatic carbocycles. The predicted octanol–water partition coefficient (Wildman–Crippen LogP) is 3.83. The number of rotatable bonds is 6. The molecule has 1 amide bonds. The lowest BCUT2D eigenvalue weighted by Gasteiger charge is -2.06. The summed E-state index contributed by atoms with van der Waals surface area (Å²) in [5.74, 6) is 0.850. The highest BCUT2D eigenvalue weighted by molar-refractivity contribution is 9.10. The second kappa shape index (κ2) is 8.54. The molecular formula is C20H17BrN2O3. The van der Waals surface area contributed by atoms with Crippen molar-refractivity contribution in [3.8, 4) is 17.6 Å². The third-order valence-corrected chi connectivity index (χ3v) is 4.61. The van der Waals surface area contributed by atoms with Gasteiger partial charge in [0.05, 0.1) is 0 Å². The van der Waals surface area contributed by atoms with Gasteiger partial charge in [-0.1, -0.05) is 46.3 Å². The average Bonchev–Trinajstić information content (AvgIpc) is 3.11. The van der Waals surface area contributed by atoms with Crippen molar-refractivity contribution in [3.63, 3.8) is 0 Å². The smallest absolute Gasteiger partial charge is 0.261 e. The van der Waals surface area contributed by atoms with Crippen LogP contribution in [-0.4, -0.2) is 19.2 Å². The zero-order valence-corrected chi connectivity index (χ0v) is 15.6. The van der Waals surface area contributed by atoms with E-state index in [-0.39, 0.29) is 18.3 Å². The molecule has 132 valence electrons. The van der Waals surface area contributed by atoms with E-state index in [0.29, 0.717) is 23.6 Å². The molecule has 1 N–H and O–H groups in total. The van der Waals surface area contributed by atoms with Crippen molar-refractivity contribution in [2.24, 2.45) is 0 Å². The summed E-state index contributed by atoms with van der Waals surface area (Å²) in [6, 6.07) is 15.5. The molecule has 3 rings (SSSR count). The first-order valence-electron chi connectivity index (χ1n) is 8.20. The zero-order chi connectivity index (χ0) is 18.4. The first kappa shape index (κ1) is 18.0. The molecule has 0 atom stereocenters. The van der Waals surface area contributed by atoms with Gasteiger partial charge in [-0.3, -0.25) is 4.79 Å². The van der Waals surface area contributed by atoms with Gasteiger partial charge in [-0.2, -0.15) is 5.26 Å². The van der Waals surface area contributed by atoms with E-state index in [0.717, 1.165) is 17.3 Å². The molecule has 0 saturated carbocycles. The second-order valence-electron chi connectivity index (χ2n) is 5.74. The monoisotopic (exact) mass is 412 g/mol. The average molecular weight is 413 g/mol. The van der Waals surface area contributed by atoms with Crippen LogP contribution < -0.4 is 14.8 Å². The topological polar surface area (TPSA) is 71.3 Å². The Morgan fingerprint density at radius 1 is 1.23 bits per heavy atom. The molecule has 2 aromatic carbocycles. The molecule has 26 heavy (non-hydrogen) atoms. The van der Waals surface area contributed by atoms with Crippen LogP contribution in [0.1, 0.15) is 17.5 Å². The van der Waals surface area contributed by atoms with Crippen molar-refractivity contribution in [2.75, 3.05) is 13.3 Å². The molecule has 1 heterocycles. The summed E-state index contributed by atoms with van der Waals surface area (Å²) in [7, 11) is 0. The molecule has 0 fully saturated rings. The van der Waals surface area contributed by atoms with E-state index in [9.17, 15) is 10.1 Å². The first-order chi connectivity index (χ1) is 12.7. The van der Waals surface area contributed by atoms with Gasteiger partial charge in [-0.05, 0) is 42.2 Å². The second-order valence-corrected chi connectivity index (χ2v) is 6.60. The van der Waals surface area contributed by atoms with Crippen LogP contribution in [0, 0.1) is 11.3 Å². The van der Waals surface area contributed by atoms with E-state index < -0.39 is 0 Å². The minimum atomic E-state index is -0.384. The fourth-order valence-corrected chi connectivity index (χ4v) is 3.02. The van der Waals surface area contributed by atoms with Crippen molar-refractivity contribution >= 4 is 27.9 Å². The lowest BCUT2D eigenvalue weighted by atomic mass is 10.1. The van der Waals surface area contributed by atoms with Gasteiger partial charge in [-0.25, -0.2) is 0 Å². The van der Waals surface area contributed by atoms with E-state index in [2.05, 4.69) is 33.4 Å². The molecule has 6 heteroatoms. The normalized spacial score (nSPS) is 12.5. The number of carbonyl (C=O) groups excluding carboxylic acids is 1. The van der Waals surface area contributed by atoms with Crippen LogP contribution in [0.25, 0.3) is 6.08 Å². The number of amides is 1.